The highest BCUT2D eigenvalue weighted by molar-refractivity contribution is 5.75. The van der Waals surface area contributed by atoms with E-state index < -0.39 is 0 Å². The first kappa shape index (κ1) is 9.49. The summed E-state index contributed by atoms with van der Waals surface area (Å²) in [5, 5.41) is 3.12. The smallest absolute Gasteiger partial charge is 0.317 e. The monoisotopic (exact) mass is 208 g/mol. The Morgan fingerprint density at radius 2 is 1.87 bits per heavy atom. The van der Waals surface area contributed by atoms with Crippen LogP contribution in [0.2, 0.25) is 0 Å². The van der Waals surface area contributed by atoms with Gasteiger partial charge < -0.3 is 10.2 Å². The van der Waals surface area contributed by atoms with Crippen molar-refractivity contribution in [3.05, 3.63) is 0 Å². The molecule has 0 bridgehead atoms. The first-order valence-electron chi connectivity index (χ1n) is 6.42. The normalized spacial score (nSPS) is 35.1. The van der Waals surface area contributed by atoms with Gasteiger partial charge in [-0.05, 0) is 38.0 Å². The van der Waals surface area contributed by atoms with Crippen LogP contribution in [-0.4, -0.2) is 29.6 Å². The maximum absolute atomic E-state index is 12.0. The minimum atomic E-state index is 0.215. The van der Waals surface area contributed by atoms with Crippen molar-refractivity contribution in [1.29, 1.82) is 0 Å². The van der Waals surface area contributed by atoms with Gasteiger partial charge in [0.15, 0.2) is 0 Å². The number of carbonyl (C=O) groups is 1. The fourth-order valence-electron chi connectivity index (χ4n) is 3.14. The second-order valence-corrected chi connectivity index (χ2v) is 5.32. The maximum Gasteiger partial charge on any atom is 0.317 e. The molecule has 3 nitrogen and oxygen atoms in total. The molecule has 3 rings (SSSR count). The Kier molecular flexibility index (Phi) is 2.33. The summed E-state index contributed by atoms with van der Waals surface area (Å²) in [4.78, 5) is 14.1. The lowest BCUT2D eigenvalue weighted by molar-refractivity contribution is 0.169. The van der Waals surface area contributed by atoms with Gasteiger partial charge >= 0.3 is 6.03 Å². The first-order valence-corrected chi connectivity index (χ1v) is 6.42. The lowest BCUT2D eigenvalue weighted by atomic mass is 9.85. The second kappa shape index (κ2) is 3.69. The SMILES string of the molecule is O=C(NC1CC1)N1CCC2CCCCC21. The predicted octanol–water partition coefficient (Wildman–Crippen LogP) is 2.12. The number of amides is 2. The van der Waals surface area contributed by atoms with Crippen LogP contribution in [0.3, 0.4) is 0 Å². The first-order chi connectivity index (χ1) is 7.34. The maximum atomic E-state index is 12.0. The number of hydrogen-bond donors (Lipinski definition) is 1. The van der Waals surface area contributed by atoms with E-state index in [1.165, 1.54) is 44.9 Å². The third kappa shape index (κ3) is 1.84. The van der Waals surface area contributed by atoms with Crippen LogP contribution in [0.4, 0.5) is 4.79 Å². The zero-order valence-electron chi connectivity index (χ0n) is 9.24. The van der Waals surface area contributed by atoms with E-state index >= 15 is 0 Å². The van der Waals surface area contributed by atoms with E-state index in [0.717, 1.165) is 12.5 Å². The van der Waals surface area contributed by atoms with E-state index in [0.29, 0.717) is 12.1 Å². The molecular formula is C12H20N2O. The highest BCUT2D eigenvalue weighted by atomic mass is 16.2. The molecule has 0 spiro atoms. The van der Waals surface area contributed by atoms with Crippen LogP contribution < -0.4 is 5.32 Å². The Hall–Kier alpha value is -0.730. The molecule has 15 heavy (non-hydrogen) atoms. The van der Waals surface area contributed by atoms with Crippen molar-refractivity contribution in [2.24, 2.45) is 5.92 Å². The molecule has 0 radical (unpaired) electrons. The Morgan fingerprint density at radius 3 is 2.67 bits per heavy atom. The van der Waals surface area contributed by atoms with E-state index in [1.54, 1.807) is 0 Å². The van der Waals surface area contributed by atoms with E-state index in [1.807, 2.05) is 0 Å². The van der Waals surface area contributed by atoms with Crippen molar-refractivity contribution >= 4 is 6.03 Å². The third-order valence-corrected chi connectivity index (χ3v) is 4.18. The summed E-state index contributed by atoms with van der Waals surface area (Å²) < 4.78 is 0. The van der Waals surface area contributed by atoms with Gasteiger partial charge in [-0.2, -0.15) is 0 Å². The van der Waals surface area contributed by atoms with Gasteiger partial charge in [0.05, 0.1) is 0 Å². The molecule has 84 valence electrons. The molecule has 0 aromatic carbocycles. The number of likely N-dealkylation sites (tertiary alicyclic amines) is 1. The summed E-state index contributed by atoms with van der Waals surface area (Å²) in [5.41, 5.74) is 0. The standard InChI is InChI=1S/C12H20N2O/c15-12(13-10-5-6-10)14-8-7-9-3-1-2-4-11(9)14/h9-11H,1-8H2,(H,13,15). The highest BCUT2D eigenvalue weighted by Crippen LogP contribution is 2.36. The van der Waals surface area contributed by atoms with Gasteiger partial charge in [-0.15, -0.1) is 0 Å². The number of nitrogens with zero attached hydrogens (tertiary/aromatic N) is 1. The molecule has 3 fully saturated rings. The number of urea groups is 1. The fraction of sp³-hybridized carbons (Fsp3) is 0.917. The topological polar surface area (TPSA) is 32.3 Å². The van der Waals surface area contributed by atoms with Gasteiger partial charge in [-0.25, -0.2) is 4.79 Å². The average Bonchev–Trinajstić information content (AvgIpc) is 2.96. The Morgan fingerprint density at radius 1 is 1.07 bits per heavy atom. The van der Waals surface area contributed by atoms with Crippen molar-refractivity contribution < 1.29 is 4.79 Å². The summed E-state index contributed by atoms with van der Waals surface area (Å²) >= 11 is 0. The van der Waals surface area contributed by atoms with Gasteiger partial charge in [0.2, 0.25) is 0 Å². The van der Waals surface area contributed by atoms with Gasteiger partial charge in [0, 0.05) is 18.6 Å². The van der Waals surface area contributed by atoms with Crippen molar-refractivity contribution in [2.75, 3.05) is 6.54 Å². The third-order valence-electron chi connectivity index (χ3n) is 4.18. The molecule has 2 saturated carbocycles. The number of hydrogen-bond acceptors (Lipinski definition) is 1. The number of carbonyl (C=O) groups excluding carboxylic acids is 1. The van der Waals surface area contributed by atoms with Crippen LogP contribution in [0.1, 0.15) is 44.9 Å². The van der Waals surface area contributed by atoms with E-state index in [-0.39, 0.29) is 6.03 Å². The molecule has 3 aliphatic rings. The molecule has 0 aromatic heterocycles. The molecule has 2 atom stereocenters. The largest absolute Gasteiger partial charge is 0.335 e. The molecule has 2 amide bonds. The minimum Gasteiger partial charge on any atom is -0.335 e. The summed E-state index contributed by atoms with van der Waals surface area (Å²) in [7, 11) is 0. The van der Waals surface area contributed by atoms with Crippen LogP contribution in [0, 0.1) is 5.92 Å². The predicted molar refractivity (Wildman–Crippen MR) is 58.6 cm³/mol. The van der Waals surface area contributed by atoms with Crippen LogP contribution in [0.5, 0.6) is 0 Å². The lowest BCUT2D eigenvalue weighted by Crippen LogP contribution is -2.45. The highest BCUT2D eigenvalue weighted by Gasteiger charge is 2.39. The minimum absolute atomic E-state index is 0.215. The van der Waals surface area contributed by atoms with Gasteiger partial charge in [0.1, 0.15) is 0 Å². The number of rotatable bonds is 1. The van der Waals surface area contributed by atoms with Gasteiger partial charge in [0.25, 0.3) is 0 Å². The molecule has 1 N–H and O–H groups in total. The number of fused-ring (bicyclic) bond motifs is 1. The summed E-state index contributed by atoms with van der Waals surface area (Å²) in [6.07, 6.45) is 8.89. The van der Waals surface area contributed by atoms with Crippen LogP contribution in [0.25, 0.3) is 0 Å². The molecule has 1 saturated heterocycles. The van der Waals surface area contributed by atoms with E-state index in [2.05, 4.69) is 10.2 Å². The zero-order valence-corrected chi connectivity index (χ0v) is 9.24. The Bertz CT molecular complexity index is 262. The van der Waals surface area contributed by atoms with E-state index in [4.69, 9.17) is 0 Å². The van der Waals surface area contributed by atoms with Crippen LogP contribution in [-0.2, 0) is 0 Å². The van der Waals surface area contributed by atoms with Crippen LogP contribution >= 0.6 is 0 Å². The van der Waals surface area contributed by atoms with Crippen LogP contribution in [0.15, 0.2) is 0 Å². The van der Waals surface area contributed by atoms with Gasteiger partial charge in [-0.3, -0.25) is 0 Å². The summed E-state index contributed by atoms with van der Waals surface area (Å²) in [6.45, 7) is 0.994. The summed E-state index contributed by atoms with van der Waals surface area (Å²) in [6, 6.07) is 1.28. The van der Waals surface area contributed by atoms with Crippen molar-refractivity contribution in [3.8, 4) is 0 Å². The number of nitrogens with one attached hydrogen (secondary N) is 1. The van der Waals surface area contributed by atoms with Crippen molar-refractivity contribution in [1.82, 2.24) is 10.2 Å². The van der Waals surface area contributed by atoms with Gasteiger partial charge in [-0.1, -0.05) is 12.8 Å². The average molecular weight is 208 g/mol. The molecule has 1 aliphatic heterocycles. The molecule has 0 aromatic rings. The quantitative estimate of drug-likeness (QED) is 0.703. The van der Waals surface area contributed by atoms with Crippen molar-refractivity contribution in [2.45, 2.75) is 57.0 Å². The molecule has 3 heteroatoms. The molecule has 2 unspecified atom stereocenters. The lowest BCUT2D eigenvalue weighted by Gasteiger charge is -2.31. The fourth-order valence-corrected chi connectivity index (χ4v) is 3.14. The summed E-state index contributed by atoms with van der Waals surface area (Å²) in [5.74, 6) is 0.809. The van der Waals surface area contributed by atoms with Crippen molar-refractivity contribution in [3.63, 3.8) is 0 Å². The molecular weight excluding hydrogens is 188 g/mol. The molecule has 1 heterocycles. The second-order valence-electron chi connectivity index (χ2n) is 5.32. The van der Waals surface area contributed by atoms with E-state index in [9.17, 15) is 4.79 Å². The Labute approximate surface area is 91.2 Å². The Balaban J connectivity index is 1.62. The molecule has 2 aliphatic carbocycles. The zero-order chi connectivity index (χ0) is 10.3.